The lowest BCUT2D eigenvalue weighted by atomic mass is 10.1. The predicted octanol–water partition coefficient (Wildman–Crippen LogP) is 3.06. The number of phenols is 1. The predicted molar refractivity (Wildman–Crippen MR) is 203 cm³/mol. The molecule has 1 aromatic heterocycles. The average molecular weight is 914 g/mol. The number of aromatic hydroxyl groups is 1. The summed E-state index contributed by atoms with van der Waals surface area (Å²) in [5.41, 5.74) is 5.51. The lowest BCUT2D eigenvalue weighted by Crippen LogP contribution is -2.37. The molecule has 1 aliphatic heterocycles. The van der Waals surface area contributed by atoms with Crippen molar-refractivity contribution in [2.24, 2.45) is 10.2 Å². The van der Waals surface area contributed by atoms with Crippen LogP contribution in [0.1, 0.15) is 0 Å². The van der Waals surface area contributed by atoms with Gasteiger partial charge in [0.2, 0.25) is 17.8 Å². The van der Waals surface area contributed by atoms with E-state index in [9.17, 15) is 34.9 Å². The molecule has 5 rings (SSSR count). The number of nitrogens with zero attached hydrogens (tertiary/aromatic N) is 6. The Bertz CT molecular complexity index is 2480. The Morgan fingerprint density at radius 1 is 0.897 bits per heavy atom. The second-order valence-electron chi connectivity index (χ2n) is 11.3. The Hall–Kier alpha value is -4.32. The van der Waals surface area contributed by atoms with Crippen LogP contribution in [0.3, 0.4) is 0 Å². The summed E-state index contributed by atoms with van der Waals surface area (Å²) in [6.07, 6.45) is 0. The van der Waals surface area contributed by atoms with Gasteiger partial charge in [-0.2, -0.15) is 31.8 Å². The summed E-state index contributed by atoms with van der Waals surface area (Å²) in [6.45, 7) is 0.406. The molecule has 1 aliphatic rings. The van der Waals surface area contributed by atoms with Crippen LogP contribution in [0.4, 0.5) is 40.6 Å². The molecule has 0 bridgehead atoms. The Labute approximate surface area is 336 Å². The van der Waals surface area contributed by atoms with Crippen molar-refractivity contribution in [3.63, 3.8) is 0 Å². The van der Waals surface area contributed by atoms with Crippen LogP contribution >= 0.6 is 24.1 Å². The molecule has 9 N–H and O–H groups in total. The van der Waals surface area contributed by atoms with E-state index in [4.69, 9.17) is 25.5 Å². The fourth-order valence-corrected chi connectivity index (χ4v) is 7.91. The second-order valence-corrected chi connectivity index (χ2v) is 17.6. The number of hydrogen-bond acceptors (Lipinski definition) is 26. The maximum Gasteiger partial charge on any atom is 0.397 e. The zero-order valence-corrected chi connectivity index (χ0v) is 33.1. The van der Waals surface area contributed by atoms with Gasteiger partial charge in [-0.3, -0.25) is 9.11 Å². The van der Waals surface area contributed by atoms with Gasteiger partial charge in [-0.25, -0.2) is 23.1 Å². The van der Waals surface area contributed by atoms with Gasteiger partial charge in [0.15, 0.2) is 9.84 Å². The first kappa shape index (κ1) is 44.8. The number of fused-ring (bicyclic) bond motifs is 1. The Morgan fingerprint density at radius 3 is 2.29 bits per heavy atom. The third-order valence-electron chi connectivity index (χ3n) is 7.47. The number of anilines is 5. The van der Waals surface area contributed by atoms with Crippen LogP contribution in [0.15, 0.2) is 61.3 Å². The Kier molecular flexibility index (Phi) is 15.1. The van der Waals surface area contributed by atoms with Crippen molar-refractivity contribution in [2.45, 2.75) is 14.7 Å². The minimum Gasteiger partial charge on any atom is -0.507 e. The molecule has 3 aromatic carbocycles. The molecule has 0 atom stereocenters. The van der Waals surface area contributed by atoms with Gasteiger partial charge in [0, 0.05) is 30.2 Å². The number of morpholine rings is 1. The quantitative estimate of drug-likeness (QED) is 0.0158. The van der Waals surface area contributed by atoms with Gasteiger partial charge < -0.3 is 31.1 Å². The highest BCUT2D eigenvalue weighted by molar-refractivity contribution is 7.95. The van der Waals surface area contributed by atoms with Gasteiger partial charge in [-0.05, 0) is 41.8 Å². The number of nitrogen functional groups attached to an aromatic ring is 1. The Morgan fingerprint density at radius 2 is 1.60 bits per heavy atom. The van der Waals surface area contributed by atoms with Crippen molar-refractivity contribution in [3.8, 4) is 5.75 Å². The van der Waals surface area contributed by atoms with Crippen molar-refractivity contribution < 1.29 is 77.6 Å². The molecule has 1 fully saturated rings. The first-order valence-electron chi connectivity index (χ1n) is 15.8. The number of hydrogen-bond donors (Lipinski definition) is 8. The molecule has 0 unspecified atom stereocenters. The number of ether oxygens (including phenoxy) is 1. The van der Waals surface area contributed by atoms with Crippen LogP contribution in [-0.4, -0.2) is 116 Å². The summed E-state index contributed by atoms with van der Waals surface area (Å²) in [5.74, 6) is -1.76. The van der Waals surface area contributed by atoms with Gasteiger partial charge in [-0.15, -0.1) is 18.9 Å². The first-order valence-corrected chi connectivity index (χ1v) is 21.9. The highest BCUT2D eigenvalue weighted by atomic mass is 32.3. The molecule has 316 valence electrons. The SMILES string of the molecule is Nc1c(SOOO)cc2cc(SOOO)cc(O)c2c1N=Nc1ccc(Nc2nc(NCCS(=O)(=O)CCOS(=O)(=O)O)nc(N3CCOCC3)n2)cc1S(=O)(=O)O. The molecule has 0 radical (unpaired) electrons. The van der Waals surface area contributed by atoms with E-state index in [1.807, 2.05) is 0 Å². The Balaban J connectivity index is 1.45. The molecule has 0 saturated carbocycles. The molecule has 0 spiro atoms. The molecule has 58 heavy (non-hydrogen) atoms. The first-order chi connectivity index (χ1) is 27.5. The lowest BCUT2D eigenvalue weighted by molar-refractivity contribution is -0.432. The zero-order valence-electron chi connectivity index (χ0n) is 29.1. The molecule has 4 aromatic rings. The summed E-state index contributed by atoms with van der Waals surface area (Å²) in [6, 6.07) is 7.54. The topological polar surface area (TPSA) is 376 Å². The number of phenolic OH excluding ortho intramolecular Hbond substituents is 1. The molecule has 0 amide bonds. The average Bonchev–Trinajstić information content (AvgIpc) is 3.15. The summed E-state index contributed by atoms with van der Waals surface area (Å²) in [7, 11) is -13.7. The van der Waals surface area contributed by atoms with Gasteiger partial charge in [0.25, 0.3) is 10.1 Å². The molecule has 31 heteroatoms. The molecule has 1 saturated heterocycles. The van der Waals surface area contributed by atoms with Crippen LogP contribution in [-0.2, 0) is 58.0 Å². The number of aromatic nitrogens is 3. The van der Waals surface area contributed by atoms with E-state index < -0.39 is 64.8 Å². The van der Waals surface area contributed by atoms with Crippen molar-refractivity contribution in [1.82, 2.24) is 15.0 Å². The second kappa shape index (κ2) is 19.6. The third kappa shape index (κ3) is 12.6. The number of sulfone groups is 1. The highest BCUT2D eigenvalue weighted by Gasteiger charge is 2.22. The van der Waals surface area contributed by atoms with E-state index in [1.165, 1.54) is 24.3 Å². The third-order valence-corrected chi connectivity index (χ3v) is 11.6. The monoisotopic (exact) mass is 913 g/mol. The van der Waals surface area contributed by atoms with E-state index in [0.29, 0.717) is 50.4 Å². The normalized spacial score (nSPS) is 14.0. The van der Waals surface area contributed by atoms with E-state index in [-0.39, 0.29) is 62.0 Å². The molecular formula is C27H31N9O17S5. The maximum absolute atomic E-state index is 12.6. The smallest absolute Gasteiger partial charge is 0.397 e. The largest absolute Gasteiger partial charge is 0.507 e. The maximum atomic E-state index is 12.6. The number of nitrogens with two attached hydrogens (primary N) is 1. The summed E-state index contributed by atoms with van der Waals surface area (Å²) in [4.78, 5) is 14.3. The lowest BCUT2D eigenvalue weighted by Gasteiger charge is -2.27. The minimum absolute atomic E-state index is 0.00978. The fraction of sp³-hybridized carbons (Fsp3) is 0.296. The van der Waals surface area contributed by atoms with E-state index in [1.54, 1.807) is 4.90 Å². The van der Waals surface area contributed by atoms with Crippen molar-refractivity contribution in [1.29, 1.82) is 0 Å². The van der Waals surface area contributed by atoms with Crippen LogP contribution in [0.25, 0.3) is 10.8 Å². The number of benzene rings is 3. The molecule has 2 heterocycles. The van der Waals surface area contributed by atoms with Crippen LogP contribution in [0, 0.1) is 0 Å². The van der Waals surface area contributed by atoms with E-state index >= 15 is 0 Å². The van der Waals surface area contributed by atoms with Crippen molar-refractivity contribution >= 4 is 106 Å². The zero-order chi connectivity index (χ0) is 42.1. The molecule has 26 nitrogen and oxygen atoms in total. The van der Waals surface area contributed by atoms with Gasteiger partial charge in [0.1, 0.15) is 22.0 Å². The number of rotatable bonds is 20. The van der Waals surface area contributed by atoms with Crippen molar-refractivity contribution in [3.05, 3.63) is 36.4 Å². The van der Waals surface area contributed by atoms with E-state index in [2.05, 4.69) is 58.7 Å². The van der Waals surface area contributed by atoms with Crippen LogP contribution in [0.2, 0.25) is 0 Å². The molecule has 0 aliphatic carbocycles. The van der Waals surface area contributed by atoms with Crippen LogP contribution in [0.5, 0.6) is 5.75 Å². The fourth-order valence-electron chi connectivity index (χ4n) is 5.00. The van der Waals surface area contributed by atoms with Gasteiger partial charge in [0.05, 0.1) is 71.4 Å². The summed E-state index contributed by atoms with van der Waals surface area (Å²) in [5, 5.41) is 49.2. The minimum atomic E-state index is -5.01. The van der Waals surface area contributed by atoms with Gasteiger partial charge >= 0.3 is 10.4 Å². The van der Waals surface area contributed by atoms with E-state index in [0.717, 1.165) is 12.1 Å². The number of nitrogens with one attached hydrogen (secondary N) is 2. The number of azo groups is 1. The summed E-state index contributed by atoms with van der Waals surface area (Å²) < 4.78 is 109. The molecular weight excluding hydrogens is 883 g/mol. The standard InChI is InChI=1S/C27H31N9O17S5/c28-23-20(55-53-51-39)12-15-11-17(54-52-50-38)14-19(37)22(15)24(23)35-34-18-2-1-16(13-21(18)57(42,43)44)30-26-31-25(32-27(33-26)36-4-6-48-7-5-36)29-3-9-56(40,41)10-8-49-58(45,46)47/h1-2,11-14,37-39H,3-10,28H2,(H,42,43,44)(H,45,46,47)(H2,29,30,31,32,33). The van der Waals surface area contributed by atoms with Gasteiger partial charge in [-0.1, -0.05) is 10.1 Å². The van der Waals surface area contributed by atoms with Crippen LogP contribution < -0.4 is 21.3 Å². The van der Waals surface area contributed by atoms with Crippen molar-refractivity contribution in [2.75, 3.05) is 72.2 Å². The summed E-state index contributed by atoms with van der Waals surface area (Å²) >= 11 is 0.966. The highest BCUT2D eigenvalue weighted by Crippen LogP contribution is 2.46.